The van der Waals surface area contributed by atoms with Crippen molar-refractivity contribution in [2.45, 2.75) is 26.2 Å². The van der Waals surface area contributed by atoms with Crippen molar-refractivity contribution in [3.05, 3.63) is 72.3 Å². The Kier molecular flexibility index (Phi) is 8.08. The largest absolute Gasteiger partial charge is 0.458 e. The van der Waals surface area contributed by atoms with Gasteiger partial charge in [0.15, 0.2) is 0 Å². The number of nitrogens with zero attached hydrogens (tertiary/aromatic N) is 5. The van der Waals surface area contributed by atoms with Crippen LogP contribution >= 0.6 is 0 Å². The smallest absolute Gasteiger partial charge is 0.334 e. The van der Waals surface area contributed by atoms with Crippen molar-refractivity contribution in [3.8, 4) is 33.9 Å². The molecule has 0 spiro atoms. The molecule has 0 saturated heterocycles. The third kappa shape index (κ3) is 6.42. The number of carbonyl (C=O) groups is 2. The summed E-state index contributed by atoms with van der Waals surface area (Å²) < 4.78 is 88.5. The van der Waals surface area contributed by atoms with Crippen LogP contribution in [-0.2, 0) is 9.59 Å². The van der Waals surface area contributed by atoms with Gasteiger partial charge in [-0.3, -0.25) is 19.1 Å². The van der Waals surface area contributed by atoms with Crippen LogP contribution < -0.4 is 0 Å². The van der Waals surface area contributed by atoms with E-state index in [2.05, 4.69) is 25.3 Å². The van der Waals surface area contributed by atoms with Crippen LogP contribution in [0.5, 0.6) is 0 Å². The van der Waals surface area contributed by atoms with E-state index in [0.717, 1.165) is 22.3 Å². The molecule has 0 saturated carbocycles. The summed E-state index contributed by atoms with van der Waals surface area (Å²) >= 11 is 0. The van der Waals surface area contributed by atoms with Crippen LogP contribution in [0.2, 0.25) is 0 Å². The number of nitrogens with one attached hydrogen (secondary N) is 1. The molecule has 0 atom stereocenters. The molecular weight excluding hydrogens is 577 g/mol. The van der Waals surface area contributed by atoms with E-state index in [1.807, 2.05) is 42.7 Å². The fourth-order valence-corrected chi connectivity index (χ4v) is 3.58. The van der Waals surface area contributed by atoms with Gasteiger partial charge >= 0.3 is 23.9 Å². The highest BCUT2D eigenvalue weighted by Crippen LogP contribution is 2.32. The Hall–Kier alpha value is -5.15. The third-order valence-corrected chi connectivity index (χ3v) is 5.40. The van der Waals surface area contributed by atoms with Gasteiger partial charge in [0.05, 0.1) is 18.1 Å². The highest BCUT2D eigenvalue weighted by molar-refractivity contribution is 6.41. The van der Waals surface area contributed by atoms with Crippen LogP contribution in [0.25, 0.3) is 45.6 Å². The molecule has 0 amide bonds. The molecule has 5 rings (SSSR count). The fourth-order valence-electron chi connectivity index (χ4n) is 3.58. The first-order chi connectivity index (χ1) is 19.7. The Labute approximate surface area is 230 Å². The summed E-state index contributed by atoms with van der Waals surface area (Å²) in [5.74, 6) is -6.25. The maximum absolute atomic E-state index is 14.3. The number of aromatic amines is 1. The Balaban J connectivity index is 0.000000288. The fraction of sp³-hybridized carbons (Fsp3) is 0.154. The second-order valence-electron chi connectivity index (χ2n) is 8.76. The number of pyridine rings is 1. The van der Waals surface area contributed by atoms with Gasteiger partial charge in [-0.15, -0.1) is 0 Å². The van der Waals surface area contributed by atoms with Crippen molar-refractivity contribution in [1.29, 1.82) is 0 Å². The van der Waals surface area contributed by atoms with Gasteiger partial charge in [0.2, 0.25) is 5.82 Å². The van der Waals surface area contributed by atoms with Crippen LogP contribution in [0.15, 0.2) is 65.1 Å². The number of hydrogen-bond donors (Lipinski definition) is 1. The lowest BCUT2D eigenvalue weighted by Crippen LogP contribution is -2.39. The van der Waals surface area contributed by atoms with E-state index in [-0.39, 0.29) is 5.82 Å². The minimum atomic E-state index is -5.77. The van der Waals surface area contributed by atoms with Crippen molar-refractivity contribution >= 4 is 23.3 Å². The third-order valence-electron chi connectivity index (χ3n) is 5.40. The zero-order valence-corrected chi connectivity index (χ0v) is 21.4. The standard InChI is InChI=1S/C22H17FN6O.C4F6O2/c1-13(2)9-20-26-22(28-30-20)18-11-24-19-8-7-14(12-29(18)19)16-10-25-27-21(16)15-5-3-4-6-17(15)23;5-3(6,7)1(11)2(12)4(8,9)10/h3-12H,1-2H3,(H,25,27);. The topological polar surface area (TPSA) is 119 Å². The van der Waals surface area contributed by atoms with Crippen LogP contribution in [-0.4, -0.2) is 53.6 Å². The molecular formula is C26H17F7N6O3. The number of benzene rings is 1. The number of H-pyrrole nitrogens is 1. The molecule has 4 heterocycles. The lowest BCUT2D eigenvalue weighted by atomic mass is 10.0. The van der Waals surface area contributed by atoms with Crippen LogP contribution in [0, 0.1) is 5.82 Å². The number of allylic oxidation sites excluding steroid dienone is 1. The average molecular weight is 594 g/mol. The van der Waals surface area contributed by atoms with Gasteiger partial charge in [-0.1, -0.05) is 22.9 Å². The number of rotatable bonds is 5. The molecule has 0 aliphatic carbocycles. The van der Waals surface area contributed by atoms with Crippen LogP contribution in [0.1, 0.15) is 19.7 Å². The highest BCUT2D eigenvalue weighted by Gasteiger charge is 2.54. The zero-order valence-electron chi connectivity index (χ0n) is 21.4. The summed E-state index contributed by atoms with van der Waals surface area (Å²) in [6, 6.07) is 10.4. The number of hydrogen-bond acceptors (Lipinski definition) is 7. The molecule has 5 aromatic rings. The summed E-state index contributed by atoms with van der Waals surface area (Å²) in [7, 11) is 0. The molecule has 1 aromatic carbocycles. The minimum absolute atomic E-state index is 0.314. The lowest BCUT2D eigenvalue weighted by Gasteiger charge is -2.06. The van der Waals surface area contributed by atoms with Crippen molar-refractivity contribution < 1.29 is 44.8 Å². The van der Waals surface area contributed by atoms with Gasteiger partial charge in [-0.2, -0.15) is 36.4 Å². The molecule has 218 valence electrons. The SMILES string of the molecule is CC(C)=Cc1nc(-c2cnc3ccc(-c4cn[nH]c4-c4ccccc4F)cn23)no1.O=C(C(=O)C(F)(F)F)C(F)(F)F. The van der Waals surface area contributed by atoms with E-state index in [1.165, 1.54) is 6.07 Å². The molecule has 42 heavy (non-hydrogen) atoms. The van der Waals surface area contributed by atoms with E-state index in [0.29, 0.717) is 28.7 Å². The number of Topliss-reactive ketones (excluding diaryl/α,β-unsaturated/α-hetero) is 2. The number of fused-ring (bicyclic) bond motifs is 1. The quantitative estimate of drug-likeness (QED) is 0.189. The lowest BCUT2D eigenvalue weighted by molar-refractivity contribution is -0.193. The maximum atomic E-state index is 14.3. The summed E-state index contributed by atoms with van der Waals surface area (Å²) in [5, 5.41) is 11.1. The van der Waals surface area contributed by atoms with E-state index in [1.54, 1.807) is 30.6 Å². The molecule has 0 unspecified atom stereocenters. The van der Waals surface area contributed by atoms with Crippen molar-refractivity contribution in [1.82, 2.24) is 29.7 Å². The molecule has 0 aliphatic rings. The molecule has 16 heteroatoms. The predicted octanol–water partition coefficient (Wildman–Crippen LogP) is 6.25. The Morgan fingerprint density at radius 2 is 1.60 bits per heavy atom. The maximum Gasteiger partial charge on any atom is 0.458 e. The van der Waals surface area contributed by atoms with Crippen molar-refractivity contribution in [3.63, 3.8) is 0 Å². The highest BCUT2D eigenvalue weighted by atomic mass is 19.4. The molecule has 0 fully saturated rings. The van der Waals surface area contributed by atoms with Gasteiger partial charge in [-0.05, 0) is 38.1 Å². The van der Waals surface area contributed by atoms with Gasteiger partial charge in [-0.25, -0.2) is 9.37 Å². The zero-order chi connectivity index (χ0) is 30.8. The summed E-state index contributed by atoms with van der Waals surface area (Å²) in [4.78, 5) is 28.1. The molecule has 0 aliphatic heterocycles. The van der Waals surface area contributed by atoms with Gasteiger partial charge in [0.1, 0.15) is 17.2 Å². The van der Waals surface area contributed by atoms with Gasteiger partial charge in [0.25, 0.3) is 5.89 Å². The number of imidazole rings is 1. The van der Waals surface area contributed by atoms with Crippen molar-refractivity contribution in [2.24, 2.45) is 0 Å². The molecule has 0 bridgehead atoms. The Morgan fingerprint density at radius 3 is 2.21 bits per heavy atom. The van der Waals surface area contributed by atoms with Gasteiger partial charge < -0.3 is 4.52 Å². The normalized spacial score (nSPS) is 11.6. The Morgan fingerprint density at radius 1 is 0.929 bits per heavy atom. The second-order valence-corrected chi connectivity index (χ2v) is 8.76. The predicted molar refractivity (Wildman–Crippen MR) is 133 cm³/mol. The minimum Gasteiger partial charge on any atom is -0.334 e. The summed E-state index contributed by atoms with van der Waals surface area (Å²) in [6.45, 7) is 3.92. The van der Waals surface area contributed by atoms with Crippen molar-refractivity contribution in [2.75, 3.05) is 0 Å². The first kappa shape index (κ1) is 29.8. The Bertz CT molecular complexity index is 1770. The van der Waals surface area contributed by atoms with E-state index in [9.17, 15) is 40.3 Å². The molecule has 0 radical (unpaired) electrons. The monoisotopic (exact) mass is 594 g/mol. The molecule has 9 nitrogen and oxygen atoms in total. The number of ketones is 2. The molecule has 4 aromatic heterocycles. The van der Waals surface area contributed by atoms with E-state index >= 15 is 0 Å². The summed E-state index contributed by atoms with van der Waals surface area (Å²) in [6.07, 6.45) is -4.44. The average Bonchev–Trinajstić information content (AvgIpc) is 3.66. The number of alkyl halides is 6. The van der Waals surface area contributed by atoms with Crippen LogP contribution in [0.3, 0.4) is 0 Å². The first-order valence-electron chi connectivity index (χ1n) is 11.6. The molecule has 1 N–H and O–H groups in total. The number of halogens is 7. The second kappa shape index (κ2) is 11.4. The van der Waals surface area contributed by atoms with Gasteiger partial charge in [0, 0.05) is 29.0 Å². The number of aromatic nitrogens is 6. The number of carbonyl (C=O) groups excluding carboxylic acids is 2. The van der Waals surface area contributed by atoms with E-state index < -0.39 is 23.9 Å². The summed E-state index contributed by atoms with van der Waals surface area (Å²) in [5.41, 5.74) is 5.19. The first-order valence-corrected chi connectivity index (χ1v) is 11.6. The van der Waals surface area contributed by atoms with E-state index in [4.69, 9.17) is 4.52 Å². The van der Waals surface area contributed by atoms with Crippen LogP contribution in [0.4, 0.5) is 30.7 Å².